The molecule has 0 aliphatic heterocycles. The third-order valence-corrected chi connectivity index (χ3v) is 4.37. The number of benzene rings is 1. The number of hydrogen-bond acceptors (Lipinski definition) is 3. The maximum Gasteiger partial charge on any atom is 0.132 e. The van der Waals surface area contributed by atoms with E-state index < -0.39 is 0 Å². The zero-order valence-corrected chi connectivity index (χ0v) is 10.1. The van der Waals surface area contributed by atoms with Crippen LogP contribution in [-0.2, 0) is 0 Å². The molecule has 1 aliphatic rings. The van der Waals surface area contributed by atoms with Crippen molar-refractivity contribution in [3.05, 3.63) is 23.8 Å². The lowest BCUT2D eigenvalue weighted by atomic mass is 10.2. The Morgan fingerprint density at radius 3 is 2.73 bits per heavy atom. The van der Waals surface area contributed by atoms with Gasteiger partial charge < -0.3 is 10.5 Å². The van der Waals surface area contributed by atoms with E-state index in [1.54, 1.807) is 7.11 Å². The molecule has 0 atom stereocenters. The van der Waals surface area contributed by atoms with Crippen molar-refractivity contribution in [3.63, 3.8) is 0 Å². The molecular weight excluding hydrogens is 206 g/mol. The van der Waals surface area contributed by atoms with Gasteiger partial charge in [-0.15, -0.1) is 11.8 Å². The molecule has 1 aromatic rings. The Labute approximate surface area is 95.2 Å². The van der Waals surface area contributed by atoms with Gasteiger partial charge >= 0.3 is 0 Å². The van der Waals surface area contributed by atoms with Crippen LogP contribution in [0, 0.1) is 6.92 Å². The number of nitrogens with two attached hydrogens (primary N) is 1. The first-order chi connectivity index (χ1) is 7.19. The summed E-state index contributed by atoms with van der Waals surface area (Å²) in [4.78, 5) is 1.22. The summed E-state index contributed by atoms with van der Waals surface area (Å²) >= 11 is 1.87. The fourth-order valence-corrected chi connectivity index (χ4v) is 2.94. The lowest BCUT2D eigenvalue weighted by Crippen LogP contribution is -2.17. The van der Waals surface area contributed by atoms with E-state index >= 15 is 0 Å². The fraction of sp³-hybridized carbons (Fsp3) is 0.500. The minimum Gasteiger partial charge on any atom is -0.496 e. The van der Waals surface area contributed by atoms with Crippen LogP contribution in [0.1, 0.15) is 18.4 Å². The monoisotopic (exact) mass is 223 g/mol. The second-order valence-electron chi connectivity index (χ2n) is 4.14. The van der Waals surface area contributed by atoms with E-state index in [9.17, 15) is 0 Å². The quantitative estimate of drug-likeness (QED) is 0.852. The van der Waals surface area contributed by atoms with Crippen LogP contribution in [0.5, 0.6) is 5.75 Å². The molecule has 0 aromatic heterocycles. The molecule has 2 nitrogen and oxygen atoms in total. The van der Waals surface area contributed by atoms with Crippen LogP contribution in [0.3, 0.4) is 0 Å². The maximum atomic E-state index is 5.78. The molecule has 0 spiro atoms. The van der Waals surface area contributed by atoms with E-state index in [1.807, 2.05) is 17.8 Å². The number of hydrogen-bond donors (Lipinski definition) is 1. The number of ether oxygens (including phenoxy) is 1. The molecule has 1 aromatic carbocycles. The van der Waals surface area contributed by atoms with Crippen molar-refractivity contribution >= 4 is 11.8 Å². The summed E-state index contributed by atoms with van der Waals surface area (Å²) in [6, 6.07) is 6.29. The van der Waals surface area contributed by atoms with E-state index in [0.717, 1.165) is 12.3 Å². The van der Waals surface area contributed by atoms with E-state index in [2.05, 4.69) is 19.1 Å². The van der Waals surface area contributed by atoms with Crippen molar-refractivity contribution in [2.75, 3.05) is 13.7 Å². The zero-order chi connectivity index (χ0) is 10.9. The average molecular weight is 223 g/mol. The summed E-state index contributed by atoms with van der Waals surface area (Å²) in [5, 5.41) is 0. The van der Waals surface area contributed by atoms with Gasteiger partial charge in [-0.1, -0.05) is 6.07 Å². The molecule has 15 heavy (non-hydrogen) atoms. The predicted molar refractivity (Wildman–Crippen MR) is 64.6 cm³/mol. The van der Waals surface area contributed by atoms with Crippen molar-refractivity contribution in [2.24, 2.45) is 5.73 Å². The van der Waals surface area contributed by atoms with Gasteiger partial charge in [-0.05, 0) is 37.5 Å². The Morgan fingerprint density at radius 1 is 1.47 bits per heavy atom. The highest BCUT2D eigenvalue weighted by Gasteiger charge is 2.42. The van der Waals surface area contributed by atoms with Gasteiger partial charge in [0.25, 0.3) is 0 Å². The van der Waals surface area contributed by atoms with Crippen LogP contribution in [0.25, 0.3) is 0 Å². The molecule has 3 heteroatoms. The minimum absolute atomic E-state index is 0.293. The lowest BCUT2D eigenvalue weighted by Gasteiger charge is -2.15. The van der Waals surface area contributed by atoms with Gasteiger partial charge in [-0.25, -0.2) is 0 Å². The first kappa shape index (κ1) is 10.8. The number of rotatable bonds is 4. The predicted octanol–water partition coefficient (Wildman–Crippen LogP) is 2.59. The molecule has 0 radical (unpaired) electrons. The molecule has 0 saturated heterocycles. The maximum absolute atomic E-state index is 5.78. The Bertz CT molecular complexity index is 361. The van der Waals surface area contributed by atoms with Gasteiger partial charge in [-0.3, -0.25) is 0 Å². The van der Waals surface area contributed by atoms with Crippen LogP contribution in [0.15, 0.2) is 23.1 Å². The number of thioether (sulfide) groups is 1. The summed E-state index contributed by atoms with van der Waals surface area (Å²) < 4.78 is 5.65. The molecular formula is C12H17NOS. The molecule has 82 valence electrons. The summed E-state index contributed by atoms with van der Waals surface area (Å²) in [7, 11) is 1.72. The van der Waals surface area contributed by atoms with Crippen molar-refractivity contribution in [2.45, 2.75) is 29.4 Å². The van der Waals surface area contributed by atoms with Gasteiger partial charge in [-0.2, -0.15) is 0 Å². The van der Waals surface area contributed by atoms with Gasteiger partial charge in [0.05, 0.1) is 12.0 Å². The van der Waals surface area contributed by atoms with E-state index in [-0.39, 0.29) is 0 Å². The van der Waals surface area contributed by atoms with E-state index in [0.29, 0.717) is 4.75 Å². The van der Waals surface area contributed by atoms with Gasteiger partial charge in [0.15, 0.2) is 0 Å². The molecule has 0 heterocycles. The Hall–Kier alpha value is -0.670. The topological polar surface area (TPSA) is 35.2 Å². The third kappa shape index (κ3) is 2.29. The molecule has 2 N–H and O–H groups in total. The first-order valence-electron chi connectivity index (χ1n) is 5.23. The van der Waals surface area contributed by atoms with Crippen LogP contribution in [0.4, 0.5) is 0 Å². The summed E-state index contributed by atoms with van der Waals surface area (Å²) in [6.45, 7) is 2.86. The summed E-state index contributed by atoms with van der Waals surface area (Å²) in [6.07, 6.45) is 2.45. The van der Waals surface area contributed by atoms with Gasteiger partial charge in [0.2, 0.25) is 0 Å². The summed E-state index contributed by atoms with van der Waals surface area (Å²) in [5.74, 6) is 0.963. The fourth-order valence-electron chi connectivity index (χ4n) is 1.58. The van der Waals surface area contributed by atoms with Crippen LogP contribution >= 0.6 is 11.8 Å². The minimum atomic E-state index is 0.293. The Morgan fingerprint density at radius 2 is 2.20 bits per heavy atom. The smallest absolute Gasteiger partial charge is 0.132 e. The zero-order valence-electron chi connectivity index (χ0n) is 9.25. The highest BCUT2D eigenvalue weighted by molar-refractivity contribution is 8.01. The largest absolute Gasteiger partial charge is 0.496 e. The molecule has 2 rings (SSSR count). The van der Waals surface area contributed by atoms with Crippen molar-refractivity contribution in [1.82, 2.24) is 0 Å². The third-order valence-electron chi connectivity index (χ3n) is 2.83. The van der Waals surface area contributed by atoms with Gasteiger partial charge in [0.1, 0.15) is 5.75 Å². The van der Waals surface area contributed by atoms with Crippen molar-refractivity contribution in [3.8, 4) is 5.75 Å². The molecule has 1 aliphatic carbocycles. The normalized spacial score (nSPS) is 17.5. The van der Waals surface area contributed by atoms with E-state index in [4.69, 9.17) is 10.5 Å². The van der Waals surface area contributed by atoms with Crippen LogP contribution in [0.2, 0.25) is 0 Å². The Kier molecular flexibility index (Phi) is 2.94. The first-order valence-corrected chi connectivity index (χ1v) is 6.04. The van der Waals surface area contributed by atoms with E-state index in [1.165, 1.54) is 23.3 Å². The number of aryl methyl sites for hydroxylation is 1. The molecule has 1 saturated carbocycles. The SMILES string of the molecule is COc1ccc(C)cc1SC1(CN)CC1. The van der Waals surface area contributed by atoms with Gasteiger partial charge in [0, 0.05) is 11.3 Å². The highest BCUT2D eigenvalue weighted by Crippen LogP contribution is 2.52. The van der Waals surface area contributed by atoms with Crippen molar-refractivity contribution in [1.29, 1.82) is 0 Å². The molecule has 0 bridgehead atoms. The average Bonchev–Trinajstić information content (AvgIpc) is 2.99. The Balaban J connectivity index is 2.22. The molecule has 0 unspecified atom stereocenters. The molecule has 0 amide bonds. The molecule has 1 fully saturated rings. The second kappa shape index (κ2) is 4.06. The second-order valence-corrected chi connectivity index (χ2v) is 5.65. The summed E-state index contributed by atoms with van der Waals surface area (Å²) in [5.41, 5.74) is 7.05. The van der Waals surface area contributed by atoms with Crippen LogP contribution < -0.4 is 10.5 Å². The highest BCUT2D eigenvalue weighted by atomic mass is 32.2. The standard InChI is InChI=1S/C12H17NOS/c1-9-3-4-10(14-2)11(7-9)15-12(8-13)5-6-12/h3-4,7H,5-6,8,13H2,1-2H3. The van der Waals surface area contributed by atoms with Crippen LogP contribution in [-0.4, -0.2) is 18.4 Å². The lowest BCUT2D eigenvalue weighted by molar-refractivity contribution is 0.404. The number of methoxy groups -OCH3 is 1. The van der Waals surface area contributed by atoms with Crippen molar-refractivity contribution < 1.29 is 4.74 Å².